The minimum Gasteiger partial charge on any atom is -0.397 e. The lowest BCUT2D eigenvalue weighted by Gasteiger charge is -2.07. The molecular weight excluding hydrogens is 292 g/mol. The van der Waals surface area contributed by atoms with Crippen molar-refractivity contribution >= 4 is 52.0 Å². The normalized spacial score (nSPS) is 10.3. The predicted molar refractivity (Wildman–Crippen MR) is 75.1 cm³/mol. The summed E-state index contributed by atoms with van der Waals surface area (Å²) in [6.07, 6.45) is 0. The Morgan fingerprint density at radius 3 is 3.11 bits per heavy atom. The van der Waals surface area contributed by atoms with E-state index >= 15 is 0 Å². The first-order chi connectivity index (χ1) is 8.65. The number of carbonyl (C=O) groups is 1. The van der Waals surface area contributed by atoms with Crippen molar-refractivity contribution in [3.05, 3.63) is 28.7 Å². The van der Waals surface area contributed by atoms with Crippen LogP contribution in [0.15, 0.2) is 28.0 Å². The van der Waals surface area contributed by atoms with Gasteiger partial charge in [-0.25, -0.2) is 0 Å². The van der Waals surface area contributed by atoms with Crippen molar-refractivity contribution in [3.8, 4) is 0 Å². The summed E-state index contributed by atoms with van der Waals surface area (Å²) in [4.78, 5) is 11.7. The molecule has 1 aromatic carbocycles. The smallest absolute Gasteiger partial charge is 0.234 e. The van der Waals surface area contributed by atoms with E-state index in [2.05, 4.69) is 15.5 Å². The molecule has 0 fully saturated rings. The zero-order valence-electron chi connectivity index (χ0n) is 9.09. The summed E-state index contributed by atoms with van der Waals surface area (Å²) >= 11 is 8.55. The summed E-state index contributed by atoms with van der Waals surface area (Å²) < 4.78 is 0.754. The first kappa shape index (κ1) is 13.1. The van der Waals surface area contributed by atoms with Crippen molar-refractivity contribution in [2.75, 3.05) is 16.8 Å². The van der Waals surface area contributed by atoms with Gasteiger partial charge in [0.05, 0.1) is 17.1 Å². The van der Waals surface area contributed by atoms with Crippen LogP contribution in [-0.2, 0) is 4.79 Å². The number of nitrogens with one attached hydrogen (secondary N) is 1. The van der Waals surface area contributed by atoms with E-state index in [0.29, 0.717) is 16.4 Å². The van der Waals surface area contributed by atoms with E-state index in [1.165, 1.54) is 23.1 Å². The third kappa shape index (κ3) is 3.59. The van der Waals surface area contributed by atoms with Crippen LogP contribution < -0.4 is 11.1 Å². The van der Waals surface area contributed by atoms with Crippen molar-refractivity contribution in [3.63, 3.8) is 0 Å². The van der Waals surface area contributed by atoms with E-state index in [1.54, 1.807) is 23.7 Å². The van der Waals surface area contributed by atoms with Crippen LogP contribution in [0.3, 0.4) is 0 Å². The van der Waals surface area contributed by atoms with Gasteiger partial charge in [-0.3, -0.25) is 4.79 Å². The zero-order valence-corrected chi connectivity index (χ0v) is 11.5. The van der Waals surface area contributed by atoms with E-state index < -0.39 is 0 Å². The average Bonchev–Trinajstić information content (AvgIpc) is 2.84. The highest BCUT2D eigenvalue weighted by Gasteiger charge is 2.08. The fraction of sp³-hybridized carbons (Fsp3) is 0.100. The molecule has 94 valence electrons. The first-order valence-electron chi connectivity index (χ1n) is 4.89. The summed E-state index contributed by atoms with van der Waals surface area (Å²) in [6.45, 7) is 0. The van der Waals surface area contributed by atoms with Crippen LogP contribution in [0.2, 0.25) is 5.02 Å². The van der Waals surface area contributed by atoms with Crippen LogP contribution in [-0.4, -0.2) is 21.9 Å². The molecule has 0 bridgehead atoms. The van der Waals surface area contributed by atoms with Crippen molar-refractivity contribution in [1.29, 1.82) is 0 Å². The van der Waals surface area contributed by atoms with Gasteiger partial charge in [-0.05, 0) is 18.2 Å². The van der Waals surface area contributed by atoms with E-state index in [0.717, 1.165) is 4.34 Å². The predicted octanol–water partition coefficient (Wildman–Crippen LogP) is 2.50. The Morgan fingerprint density at radius 1 is 1.56 bits per heavy atom. The Labute approximate surface area is 117 Å². The topological polar surface area (TPSA) is 80.9 Å². The molecule has 0 saturated carbocycles. The fourth-order valence-electron chi connectivity index (χ4n) is 1.18. The van der Waals surface area contributed by atoms with Gasteiger partial charge in [0, 0.05) is 5.02 Å². The van der Waals surface area contributed by atoms with E-state index in [1.807, 2.05) is 0 Å². The lowest BCUT2D eigenvalue weighted by atomic mass is 10.2. The molecular formula is C10H9ClN4OS2. The maximum atomic E-state index is 11.7. The Hall–Kier alpha value is -1.31. The van der Waals surface area contributed by atoms with Gasteiger partial charge >= 0.3 is 0 Å². The Kier molecular flexibility index (Phi) is 4.40. The van der Waals surface area contributed by atoms with Crippen LogP contribution in [0, 0.1) is 0 Å². The molecule has 1 heterocycles. The maximum Gasteiger partial charge on any atom is 0.234 e. The molecule has 0 atom stereocenters. The highest BCUT2D eigenvalue weighted by molar-refractivity contribution is 8.01. The zero-order chi connectivity index (χ0) is 13.0. The highest BCUT2D eigenvalue weighted by Crippen LogP contribution is 2.24. The van der Waals surface area contributed by atoms with Crippen LogP contribution in [0.4, 0.5) is 11.4 Å². The van der Waals surface area contributed by atoms with Crippen LogP contribution in [0.1, 0.15) is 0 Å². The van der Waals surface area contributed by atoms with Gasteiger partial charge in [0.25, 0.3) is 0 Å². The van der Waals surface area contributed by atoms with Crippen molar-refractivity contribution in [1.82, 2.24) is 10.2 Å². The number of thioether (sulfide) groups is 1. The van der Waals surface area contributed by atoms with Crippen molar-refractivity contribution in [2.24, 2.45) is 0 Å². The second-order valence-corrected chi connectivity index (χ2v) is 5.77. The van der Waals surface area contributed by atoms with Gasteiger partial charge in [0.15, 0.2) is 4.34 Å². The second-order valence-electron chi connectivity index (χ2n) is 3.27. The van der Waals surface area contributed by atoms with Crippen LogP contribution >= 0.6 is 34.7 Å². The number of nitrogens with zero attached hydrogens (tertiary/aromatic N) is 2. The number of carbonyl (C=O) groups excluding carboxylic acids is 1. The molecule has 0 aliphatic carbocycles. The molecule has 1 aromatic heterocycles. The highest BCUT2D eigenvalue weighted by atomic mass is 35.5. The first-order valence-corrected chi connectivity index (χ1v) is 7.13. The number of anilines is 2. The molecule has 8 heteroatoms. The fourth-order valence-corrected chi connectivity index (χ4v) is 2.64. The Morgan fingerprint density at radius 2 is 2.39 bits per heavy atom. The number of benzene rings is 1. The Balaban J connectivity index is 1.92. The van der Waals surface area contributed by atoms with Gasteiger partial charge in [-0.15, -0.1) is 10.2 Å². The molecule has 5 nitrogen and oxygen atoms in total. The van der Waals surface area contributed by atoms with Crippen LogP contribution in [0.25, 0.3) is 0 Å². The van der Waals surface area contributed by atoms with E-state index in [9.17, 15) is 4.79 Å². The molecule has 3 N–H and O–H groups in total. The van der Waals surface area contributed by atoms with Gasteiger partial charge < -0.3 is 11.1 Å². The number of nitrogen functional groups attached to an aromatic ring is 1. The van der Waals surface area contributed by atoms with Crippen LogP contribution in [0.5, 0.6) is 0 Å². The summed E-state index contributed by atoms with van der Waals surface area (Å²) in [5.74, 6) is 0.0883. The van der Waals surface area contributed by atoms with E-state index in [-0.39, 0.29) is 11.7 Å². The standard InChI is InChI=1S/C10H9ClN4OS2/c11-6-1-2-7(12)8(3-6)14-9(16)4-17-10-15-13-5-18-10/h1-3,5H,4,12H2,(H,14,16). The van der Waals surface area contributed by atoms with Gasteiger partial charge in [0.2, 0.25) is 5.91 Å². The maximum absolute atomic E-state index is 11.7. The van der Waals surface area contributed by atoms with Crippen molar-refractivity contribution < 1.29 is 4.79 Å². The van der Waals surface area contributed by atoms with Gasteiger partial charge in [0.1, 0.15) is 5.51 Å². The summed E-state index contributed by atoms with van der Waals surface area (Å²) in [6, 6.07) is 4.93. The SMILES string of the molecule is Nc1ccc(Cl)cc1NC(=O)CSc1nncs1. The minimum atomic E-state index is -0.163. The largest absolute Gasteiger partial charge is 0.397 e. The van der Waals surface area contributed by atoms with E-state index in [4.69, 9.17) is 17.3 Å². The lowest BCUT2D eigenvalue weighted by Crippen LogP contribution is -2.15. The summed E-state index contributed by atoms with van der Waals surface area (Å²) in [5, 5.41) is 10.7. The van der Waals surface area contributed by atoms with Gasteiger partial charge in [-0.1, -0.05) is 34.7 Å². The Bertz CT molecular complexity index is 547. The lowest BCUT2D eigenvalue weighted by molar-refractivity contribution is -0.113. The summed E-state index contributed by atoms with van der Waals surface area (Å²) in [7, 11) is 0. The van der Waals surface area contributed by atoms with Gasteiger partial charge in [-0.2, -0.15) is 0 Å². The second kappa shape index (κ2) is 6.03. The molecule has 18 heavy (non-hydrogen) atoms. The molecule has 0 spiro atoms. The number of halogens is 1. The summed E-state index contributed by atoms with van der Waals surface area (Å²) in [5.41, 5.74) is 8.35. The molecule has 1 amide bonds. The molecule has 0 aliphatic heterocycles. The molecule has 0 unspecified atom stereocenters. The number of aromatic nitrogens is 2. The number of nitrogens with two attached hydrogens (primary N) is 1. The number of amides is 1. The molecule has 0 radical (unpaired) electrons. The molecule has 2 rings (SSSR count). The number of hydrogen-bond acceptors (Lipinski definition) is 6. The minimum absolute atomic E-state index is 0.163. The quantitative estimate of drug-likeness (QED) is 0.670. The molecule has 2 aromatic rings. The molecule has 0 saturated heterocycles. The third-order valence-corrected chi connectivity index (χ3v) is 4.05. The monoisotopic (exact) mass is 300 g/mol. The number of hydrogen-bond donors (Lipinski definition) is 2. The third-order valence-electron chi connectivity index (χ3n) is 1.96. The molecule has 0 aliphatic rings. The number of rotatable bonds is 4. The average molecular weight is 301 g/mol. The van der Waals surface area contributed by atoms with Crippen molar-refractivity contribution in [2.45, 2.75) is 4.34 Å².